The number of pyridine rings is 1. The number of aromatic nitrogens is 1. The minimum Gasteiger partial charge on any atom is -0.507 e. The van der Waals surface area contributed by atoms with E-state index in [1.165, 1.54) is 0 Å². The van der Waals surface area contributed by atoms with E-state index in [0.29, 0.717) is 17.7 Å². The van der Waals surface area contributed by atoms with Gasteiger partial charge in [-0.3, -0.25) is 9.51 Å². The van der Waals surface area contributed by atoms with E-state index in [-0.39, 0.29) is 17.8 Å². The van der Waals surface area contributed by atoms with Crippen LogP contribution in [0.5, 0.6) is 11.5 Å². The molecule has 0 radical (unpaired) electrons. The maximum Gasteiger partial charge on any atom is 0.401 e. The second-order valence-corrected chi connectivity index (χ2v) is 9.89. The molecule has 1 aromatic carbocycles. The molecule has 154 valence electrons. The molecule has 0 amide bonds. The Kier molecular flexibility index (Phi) is 7.13. The Morgan fingerprint density at radius 2 is 2.00 bits per heavy atom. The second-order valence-electron chi connectivity index (χ2n) is 7.75. The fraction of sp³-hybridized carbons (Fsp3) is 0.476. The van der Waals surface area contributed by atoms with E-state index in [9.17, 15) is 9.67 Å². The van der Waals surface area contributed by atoms with Gasteiger partial charge in [0.2, 0.25) is 0 Å². The smallest absolute Gasteiger partial charge is 0.401 e. The highest BCUT2D eigenvalue weighted by atomic mass is 31.2. The average Bonchev–Trinajstić information content (AvgIpc) is 2.62. The lowest BCUT2D eigenvalue weighted by Crippen LogP contribution is -2.23. The monoisotopic (exact) mass is 406 g/mol. The number of hydrogen-bond acceptors (Lipinski definition) is 6. The topological polar surface area (TPSA) is 80.7 Å². The van der Waals surface area contributed by atoms with E-state index in [1.807, 2.05) is 33.8 Å². The normalized spacial score (nSPS) is 14.9. The van der Waals surface area contributed by atoms with Gasteiger partial charge in [-0.05, 0) is 55.5 Å². The van der Waals surface area contributed by atoms with E-state index < -0.39 is 13.4 Å². The number of hydrogen-bond donors (Lipinski definition) is 2. The molecule has 0 saturated heterocycles. The van der Waals surface area contributed by atoms with Crippen molar-refractivity contribution in [2.45, 2.75) is 59.2 Å². The summed E-state index contributed by atoms with van der Waals surface area (Å²) < 4.78 is 25.3. The number of phenolic OH excluding ortho intramolecular Hbond substituents is 1. The van der Waals surface area contributed by atoms with Gasteiger partial charge in [-0.1, -0.05) is 27.7 Å². The van der Waals surface area contributed by atoms with Gasteiger partial charge in [-0.15, -0.1) is 0 Å². The van der Waals surface area contributed by atoms with Crippen molar-refractivity contribution in [1.82, 2.24) is 4.98 Å². The summed E-state index contributed by atoms with van der Waals surface area (Å²) >= 11 is 0. The molecule has 2 aromatic rings. The first kappa shape index (κ1) is 22.3. The van der Waals surface area contributed by atoms with Crippen LogP contribution in [0.3, 0.4) is 0 Å². The van der Waals surface area contributed by atoms with Crippen molar-refractivity contribution >= 4 is 13.3 Å². The van der Waals surface area contributed by atoms with Crippen LogP contribution in [0.2, 0.25) is 0 Å². The Morgan fingerprint density at radius 1 is 1.29 bits per heavy atom. The van der Waals surface area contributed by atoms with Crippen LogP contribution in [0.15, 0.2) is 36.7 Å². The molecule has 7 heteroatoms. The van der Waals surface area contributed by atoms with E-state index in [2.05, 4.69) is 10.3 Å². The summed E-state index contributed by atoms with van der Waals surface area (Å²) in [5.74, 6) is 0.110. The van der Waals surface area contributed by atoms with Crippen molar-refractivity contribution in [2.24, 2.45) is 0 Å². The first-order valence-electron chi connectivity index (χ1n) is 9.55. The van der Waals surface area contributed by atoms with Gasteiger partial charge in [0.15, 0.2) is 0 Å². The van der Waals surface area contributed by atoms with E-state index in [4.69, 9.17) is 9.05 Å². The van der Waals surface area contributed by atoms with Gasteiger partial charge >= 0.3 is 7.60 Å². The Balaban J connectivity index is 2.40. The maximum atomic E-state index is 13.7. The molecular weight excluding hydrogens is 375 g/mol. The van der Waals surface area contributed by atoms with Gasteiger partial charge in [0.1, 0.15) is 17.3 Å². The SMILES string of the molecule is CCOP(=O)(Oc1cc(C)c(O)c(C(C)(C)C)c1)C(CC)Nc1cccnc1. The summed E-state index contributed by atoms with van der Waals surface area (Å²) in [5.41, 5.74) is 1.86. The number of rotatable bonds is 8. The van der Waals surface area contributed by atoms with Crippen LogP contribution in [0, 0.1) is 6.92 Å². The molecule has 0 aliphatic heterocycles. The predicted molar refractivity (Wildman–Crippen MR) is 113 cm³/mol. The molecule has 28 heavy (non-hydrogen) atoms. The molecule has 0 spiro atoms. The Morgan fingerprint density at radius 3 is 2.54 bits per heavy atom. The number of anilines is 1. The standard InChI is InChI=1S/C21H31N2O4P/c1-7-19(23-16-10-9-11-22-14-16)28(25,26-8-2)27-17-12-15(3)20(24)18(13-17)21(4,5)6/h9-14,19,23-24H,7-8H2,1-6H3. The molecule has 2 N–H and O–H groups in total. The van der Waals surface area contributed by atoms with Crippen LogP contribution in [-0.2, 0) is 14.5 Å². The lowest BCUT2D eigenvalue weighted by Gasteiger charge is -2.29. The van der Waals surface area contributed by atoms with Crippen LogP contribution >= 0.6 is 7.60 Å². The van der Waals surface area contributed by atoms with Crippen molar-refractivity contribution in [2.75, 3.05) is 11.9 Å². The van der Waals surface area contributed by atoms with Crippen LogP contribution in [-0.4, -0.2) is 22.5 Å². The van der Waals surface area contributed by atoms with Crippen LogP contribution in [0.4, 0.5) is 5.69 Å². The predicted octanol–water partition coefficient (Wildman–Crippen LogP) is 5.85. The lowest BCUT2D eigenvalue weighted by atomic mass is 9.85. The summed E-state index contributed by atoms with van der Waals surface area (Å²) in [7, 11) is -3.54. The molecule has 1 heterocycles. The first-order chi connectivity index (χ1) is 13.1. The summed E-state index contributed by atoms with van der Waals surface area (Å²) in [6, 6.07) is 7.09. The van der Waals surface area contributed by atoms with Crippen molar-refractivity contribution in [3.8, 4) is 11.5 Å². The van der Waals surface area contributed by atoms with Crippen LogP contribution in [0.25, 0.3) is 0 Å². The van der Waals surface area contributed by atoms with E-state index >= 15 is 0 Å². The van der Waals surface area contributed by atoms with Crippen molar-refractivity contribution in [3.63, 3.8) is 0 Å². The molecule has 0 aliphatic rings. The van der Waals surface area contributed by atoms with Gasteiger partial charge in [0.05, 0.1) is 12.3 Å². The highest BCUT2D eigenvalue weighted by Gasteiger charge is 2.37. The molecule has 2 atom stereocenters. The molecule has 1 aromatic heterocycles. The molecule has 0 saturated carbocycles. The van der Waals surface area contributed by atoms with Gasteiger partial charge < -0.3 is 14.9 Å². The quantitative estimate of drug-likeness (QED) is 0.535. The molecule has 0 bridgehead atoms. The van der Waals surface area contributed by atoms with Crippen LogP contribution < -0.4 is 9.84 Å². The van der Waals surface area contributed by atoms with Gasteiger partial charge in [-0.2, -0.15) is 0 Å². The molecule has 0 fully saturated rings. The minimum absolute atomic E-state index is 0.228. The summed E-state index contributed by atoms with van der Waals surface area (Å²) in [5, 5.41) is 13.7. The zero-order valence-corrected chi connectivity index (χ0v) is 18.4. The molecule has 2 unspecified atom stereocenters. The number of aryl methyl sites for hydroxylation is 1. The van der Waals surface area contributed by atoms with Crippen molar-refractivity contribution in [3.05, 3.63) is 47.8 Å². The number of phenols is 1. The largest absolute Gasteiger partial charge is 0.507 e. The second kappa shape index (κ2) is 8.97. The lowest BCUT2D eigenvalue weighted by molar-refractivity contribution is 0.271. The minimum atomic E-state index is -3.54. The molecular formula is C21H31N2O4P. The van der Waals surface area contributed by atoms with Crippen LogP contribution in [0.1, 0.15) is 52.2 Å². The summed E-state index contributed by atoms with van der Waals surface area (Å²) in [6.07, 6.45) is 3.88. The van der Waals surface area contributed by atoms with E-state index in [1.54, 1.807) is 44.4 Å². The number of aromatic hydroxyl groups is 1. The average molecular weight is 406 g/mol. The summed E-state index contributed by atoms with van der Waals surface area (Å²) in [6.45, 7) is 11.8. The zero-order valence-electron chi connectivity index (χ0n) is 17.5. The highest BCUT2D eigenvalue weighted by Crippen LogP contribution is 2.54. The Bertz CT molecular complexity index is 834. The van der Waals surface area contributed by atoms with E-state index in [0.717, 1.165) is 11.3 Å². The van der Waals surface area contributed by atoms with Crippen molar-refractivity contribution in [1.29, 1.82) is 0 Å². The highest BCUT2D eigenvalue weighted by molar-refractivity contribution is 7.55. The molecule has 0 aliphatic carbocycles. The van der Waals surface area contributed by atoms with Gasteiger partial charge in [-0.25, -0.2) is 4.57 Å². The third-order valence-electron chi connectivity index (χ3n) is 4.39. The number of nitrogens with zero attached hydrogens (tertiary/aromatic N) is 1. The fourth-order valence-corrected chi connectivity index (χ4v) is 4.80. The summed E-state index contributed by atoms with van der Waals surface area (Å²) in [4.78, 5) is 4.08. The Hall–Kier alpha value is -2.04. The number of nitrogens with one attached hydrogen (secondary N) is 1. The third-order valence-corrected chi connectivity index (χ3v) is 6.73. The Labute approximate surface area is 167 Å². The maximum absolute atomic E-state index is 13.7. The van der Waals surface area contributed by atoms with Crippen molar-refractivity contribution < 1.29 is 18.7 Å². The van der Waals surface area contributed by atoms with Gasteiger partial charge in [0.25, 0.3) is 0 Å². The molecule has 6 nitrogen and oxygen atoms in total. The number of benzene rings is 1. The third kappa shape index (κ3) is 5.27. The first-order valence-corrected chi connectivity index (χ1v) is 11.2. The van der Waals surface area contributed by atoms with Gasteiger partial charge in [0, 0.05) is 18.0 Å². The zero-order chi connectivity index (χ0) is 20.9. The fourth-order valence-electron chi connectivity index (χ4n) is 2.92. The molecule has 2 rings (SSSR count).